The average Bonchev–Trinajstić information content (AvgIpc) is 2.87. The molecule has 8 nitrogen and oxygen atoms in total. The number of aryl methyl sites for hydroxylation is 2. The molecule has 2 aromatic rings. The number of nitrogens with zero attached hydrogens (tertiary/aromatic N) is 5. The molecule has 0 fully saturated rings. The van der Waals surface area contributed by atoms with Gasteiger partial charge in [-0.2, -0.15) is 10.2 Å². The van der Waals surface area contributed by atoms with Crippen molar-refractivity contribution in [1.29, 1.82) is 0 Å². The van der Waals surface area contributed by atoms with E-state index in [1.54, 1.807) is 4.68 Å². The van der Waals surface area contributed by atoms with Gasteiger partial charge < -0.3 is 5.11 Å². The van der Waals surface area contributed by atoms with Crippen LogP contribution in [0.3, 0.4) is 0 Å². The van der Waals surface area contributed by atoms with Crippen LogP contribution >= 0.6 is 0 Å². The summed E-state index contributed by atoms with van der Waals surface area (Å²) in [6.07, 6.45) is 1.75. The Morgan fingerprint density at radius 3 is 2.74 bits per heavy atom. The first-order valence-electron chi connectivity index (χ1n) is 5.81. The number of hydrogen-bond donors (Lipinski definition) is 1. The molecule has 0 saturated carbocycles. The Bertz CT molecular complexity index is 589. The number of rotatable bonds is 5. The normalized spacial score (nSPS) is 12.6. The number of aromatic nitrogens is 4. The van der Waals surface area contributed by atoms with Crippen molar-refractivity contribution in [2.45, 2.75) is 33.0 Å². The van der Waals surface area contributed by atoms with Crippen molar-refractivity contribution < 1.29 is 10.0 Å². The lowest BCUT2D eigenvalue weighted by molar-refractivity contribution is -0.385. The SMILES string of the molecule is Cc1cc(C)n(C[C@H](O)Cn2cc([N+](=O)[O-])cn2)n1. The lowest BCUT2D eigenvalue weighted by atomic mass is 10.3. The molecule has 0 amide bonds. The highest BCUT2D eigenvalue weighted by Gasteiger charge is 2.13. The van der Waals surface area contributed by atoms with Crippen LogP contribution in [0.15, 0.2) is 18.5 Å². The van der Waals surface area contributed by atoms with Gasteiger partial charge in [-0.15, -0.1) is 0 Å². The van der Waals surface area contributed by atoms with E-state index >= 15 is 0 Å². The third kappa shape index (κ3) is 3.16. The van der Waals surface area contributed by atoms with Gasteiger partial charge in [-0.05, 0) is 19.9 Å². The van der Waals surface area contributed by atoms with Crippen molar-refractivity contribution in [3.8, 4) is 0 Å². The van der Waals surface area contributed by atoms with E-state index in [9.17, 15) is 15.2 Å². The fourth-order valence-electron chi connectivity index (χ4n) is 1.88. The summed E-state index contributed by atoms with van der Waals surface area (Å²) < 4.78 is 3.06. The van der Waals surface area contributed by atoms with Crippen LogP contribution in [-0.2, 0) is 13.1 Å². The van der Waals surface area contributed by atoms with Gasteiger partial charge >= 0.3 is 5.69 Å². The van der Waals surface area contributed by atoms with Crippen molar-refractivity contribution in [3.63, 3.8) is 0 Å². The van der Waals surface area contributed by atoms with Crippen LogP contribution in [0.5, 0.6) is 0 Å². The quantitative estimate of drug-likeness (QED) is 0.632. The predicted molar refractivity (Wildman–Crippen MR) is 66.6 cm³/mol. The fourth-order valence-corrected chi connectivity index (χ4v) is 1.88. The molecule has 0 unspecified atom stereocenters. The molecule has 0 bridgehead atoms. The maximum absolute atomic E-state index is 10.5. The van der Waals surface area contributed by atoms with E-state index in [4.69, 9.17) is 0 Å². The standard InChI is InChI=1S/C11H15N5O3/c1-8-3-9(2)15(13-8)7-11(17)6-14-5-10(4-12-14)16(18)19/h3-5,11,17H,6-7H2,1-2H3/t11-/m1/s1. The second-order valence-electron chi connectivity index (χ2n) is 4.44. The molecule has 2 heterocycles. The Morgan fingerprint density at radius 2 is 2.21 bits per heavy atom. The molecule has 102 valence electrons. The third-order valence-corrected chi connectivity index (χ3v) is 2.72. The van der Waals surface area contributed by atoms with E-state index in [1.807, 2.05) is 19.9 Å². The molecule has 1 N–H and O–H groups in total. The van der Waals surface area contributed by atoms with Crippen LogP contribution in [0.1, 0.15) is 11.4 Å². The van der Waals surface area contributed by atoms with E-state index in [1.165, 1.54) is 10.9 Å². The second kappa shape index (κ2) is 5.19. The second-order valence-corrected chi connectivity index (χ2v) is 4.44. The highest BCUT2D eigenvalue weighted by molar-refractivity contribution is 5.20. The summed E-state index contributed by atoms with van der Waals surface area (Å²) >= 11 is 0. The summed E-state index contributed by atoms with van der Waals surface area (Å²) in [5, 5.41) is 28.5. The van der Waals surface area contributed by atoms with Crippen molar-refractivity contribution in [1.82, 2.24) is 19.6 Å². The zero-order valence-corrected chi connectivity index (χ0v) is 10.7. The Labute approximate surface area is 109 Å². The first kappa shape index (κ1) is 13.2. The molecule has 8 heteroatoms. The average molecular weight is 265 g/mol. The van der Waals surface area contributed by atoms with Crippen LogP contribution in [0, 0.1) is 24.0 Å². The predicted octanol–water partition coefficient (Wildman–Crippen LogP) is 0.666. The maximum Gasteiger partial charge on any atom is 0.306 e. The molecule has 2 rings (SSSR count). The highest BCUT2D eigenvalue weighted by Crippen LogP contribution is 2.09. The Balaban J connectivity index is 1.98. The van der Waals surface area contributed by atoms with E-state index in [0.29, 0.717) is 6.54 Å². The van der Waals surface area contributed by atoms with Gasteiger partial charge in [0.1, 0.15) is 12.4 Å². The molecule has 19 heavy (non-hydrogen) atoms. The molecule has 0 aromatic carbocycles. The van der Waals surface area contributed by atoms with Gasteiger partial charge in [-0.3, -0.25) is 19.5 Å². The van der Waals surface area contributed by atoms with Gasteiger partial charge in [0.15, 0.2) is 0 Å². The smallest absolute Gasteiger partial charge is 0.306 e. The van der Waals surface area contributed by atoms with Crippen molar-refractivity contribution in [2.75, 3.05) is 0 Å². The Hall–Kier alpha value is -2.22. The molecule has 0 aliphatic heterocycles. The van der Waals surface area contributed by atoms with Crippen LogP contribution < -0.4 is 0 Å². The summed E-state index contributed by atoms with van der Waals surface area (Å²) in [7, 11) is 0. The largest absolute Gasteiger partial charge is 0.389 e. The molecule has 2 aromatic heterocycles. The topological polar surface area (TPSA) is 99.0 Å². The van der Waals surface area contributed by atoms with Crippen LogP contribution in [0.2, 0.25) is 0 Å². The Morgan fingerprint density at radius 1 is 1.47 bits per heavy atom. The molecule has 0 spiro atoms. The Kier molecular flexibility index (Phi) is 3.61. The fraction of sp³-hybridized carbons (Fsp3) is 0.455. The maximum atomic E-state index is 10.5. The third-order valence-electron chi connectivity index (χ3n) is 2.72. The van der Waals surface area contributed by atoms with E-state index < -0.39 is 11.0 Å². The molecule has 0 aliphatic rings. The summed E-state index contributed by atoms with van der Waals surface area (Å²) in [4.78, 5) is 10.00. The molecule has 0 aliphatic carbocycles. The summed E-state index contributed by atoms with van der Waals surface area (Å²) in [6, 6.07) is 1.92. The van der Waals surface area contributed by atoms with Crippen LogP contribution in [0.25, 0.3) is 0 Å². The zero-order chi connectivity index (χ0) is 14.0. The van der Waals surface area contributed by atoms with E-state index in [0.717, 1.165) is 17.6 Å². The lowest BCUT2D eigenvalue weighted by Gasteiger charge is -2.11. The minimum absolute atomic E-state index is 0.0849. The number of aliphatic hydroxyl groups excluding tert-OH is 1. The lowest BCUT2D eigenvalue weighted by Crippen LogP contribution is -2.23. The van der Waals surface area contributed by atoms with Gasteiger partial charge in [0.05, 0.1) is 29.8 Å². The minimum atomic E-state index is -0.711. The van der Waals surface area contributed by atoms with E-state index in [2.05, 4.69) is 10.2 Å². The van der Waals surface area contributed by atoms with Crippen LogP contribution in [0.4, 0.5) is 5.69 Å². The monoisotopic (exact) mass is 265 g/mol. The van der Waals surface area contributed by atoms with Gasteiger partial charge in [0.25, 0.3) is 0 Å². The highest BCUT2D eigenvalue weighted by atomic mass is 16.6. The molecular formula is C11H15N5O3. The first-order valence-corrected chi connectivity index (χ1v) is 5.81. The summed E-state index contributed by atoms with van der Waals surface area (Å²) in [5.41, 5.74) is 1.76. The minimum Gasteiger partial charge on any atom is -0.389 e. The molecule has 0 radical (unpaired) electrons. The summed E-state index contributed by atoms with van der Waals surface area (Å²) in [5.74, 6) is 0. The van der Waals surface area contributed by atoms with E-state index in [-0.39, 0.29) is 12.2 Å². The van der Waals surface area contributed by atoms with Crippen molar-refractivity contribution in [2.24, 2.45) is 0 Å². The molecule has 0 saturated heterocycles. The summed E-state index contributed by atoms with van der Waals surface area (Å²) in [6.45, 7) is 4.30. The number of hydrogen-bond acceptors (Lipinski definition) is 5. The number of aliphatic hydroxyl groups is 1. The first-order chi connectivity index (χ1) is 8.95. The molecular weight excluding hydrogens is 250 g/mol. The van der Waals surface area contributed by atoms with Gasteiger partial charge in [-0.1, -0.05) is 0 Å². The van der Waals surface area contributed by atoms with Gasteiger partial charge in [0.2, 0.25) is 0 Å². The van der Waals surface area contributed by atoms with Crippen molar-refractivity contribution >= 4 is 5.69 Å². The molecule has 1 atom stereocenters. The zero-order valence-electron chi connectivity index (χ0n) is 10.7. The van der Waals surface area contributed by atoms with Crippen molar-refractivity contribution in [3.05, 3.63) is 40.0 Å². The van der Waals surface area contributed by atoms with Gasteiger partial charge in [-0.25, -0.2) is 0 Å². The van der Waals surface area contributed by atoms with Gasteiger partial charge in [0, 0.05) is 5.69 Å². The van der Waals surface area contributed by atoms with Crippen LogP contribution in [-0.4, -0.2) is 35.7 Å². The number of nitro groups is 1.